The largest absolute Gasteiger partial charge is 0.298 e. The first kappa shape index (κ1) is 8.38. The van der Waals surface area contributed by atoms with Crippen molar-refractivity contribution in [3.8, 4) is 0 Å². The molecule has 1 heterocycles. The van der Waals surface area contributed by atoms with Crippen molar-refractivity contribution in [1.82, 2.24) is 4.98 Å². The van der Waals surface area contributed by atoms with Crippen LogP contribution in [0.5, 0.6) is 0 Å². The zero-order valence-electron chi connectivity index (χ0n) is 6.70. The Balaban J connectivity index is 2.79. The number of halogens is 1. The van der Waals surface area contributed by atoms with Gasteiger partial charge in [-0.2, -0.15) is 0 Å². The van der Waals surface area contributed by atoms with Crippen molar-refractivity contribution < 1.29 is 4.79 Å². The normalized spacial score (nSPS) is 10.2. The molecule has 0 fully saturated rings. The predicted molar refractivity (Wildman–Crippen MR) is 54.8 cm³/mol. The molecule has 0 saturated heterocycles. The van der Waals surface area contributed by atoms with E-state index in [1.54, 1.807) is 18.3 Å². The van der Waals surface area contributed by atoms with Gasteiger partial charge >= 0.3 is 0 Å². The fourth-order valence-corrected chi connectivity index (χ4v) is 1.66. The minimum atomic E-state index is 0.651. The first-order valence-corrected chi connectivity index (χ1v) is 4.60. The number of rotatable bonds is 1. The standard InChI is InChI=1S/C10H6BrNO/c11-9-3-4-12-10-5-7(6-13)1-2-8(9)10/h1-6H. The molecular weight excluding hydrogens is 230 g/mol. The minimum absolute atomic E-state index is 0.651. The summed E-state index contributed by atoms with van der Waals surface area (Å²) in [6, 6.07) is 7.31. The molecule has 13 heavy (non-hydrogen) atoms. The van der Waals surface area contributed by atoms with E-state index in [1.165, 1.54) is 0 Å². The molecule has 2 rings (SSSR count). The Morgan fingerprint density at radius 2 is 2.15 bits per heavy atom. The second-order valence-electron chi connectivity index (χ2n) is 2.69. The van der Waals surface area contributed by atoms with Gasteiger partial charge in [-0.1, -0.05) is 28.1 Å². The average molecular weight is 236 g/mol. The van der Waals surface area contributed by atoms with Gasteiger partial charge in [-0.15, -0.1) is 0 Å². The summed E-state index contributed by atoms with van der Waals surface area (Å²) < 4.78 is 0.995. The number of pyridine rings is 1. The third-order valence-corrected chi connectivity index (χ3v) is 2.54. The fraction of sp³-hybridized carbons (Fsp3) is 0. The quantitative estimate of drug-likeness (QED) is 0.712. The third-order valence-electron chi connectivity index (χ3n) is 1.85. The zero-order chi connectivity index (χ0) is 9.26. The smallest absolute Gasteiger partial charge is 0.150 e. The van der Waals surface area contributed by atoms with Crippen LogP contribution >= 0.6 is 15.9 Å². The third kappa shape index (κ3) is 1.47. The van der Waals surface area contributed by atoms with E-state index in [2.05, 4.69) is 20.9 Å². The summed E-state index contributed by atoms with van der Waals surface area (Å²) in [5, 5.41) is 1.02. The van der Waals surface area contributed by atoms with Crippen molar-refractivity contribution in [3.63, 3.8) is 0 Å². The Labute approximate surface area is 83.7 Å². The second-order valence-corrected chi connectivity index (χ2v) is 3.54. The molecule has 0 amide bonds. The summed E-state index contributed by atoms with van der Waals surface area (Å²) in [5.41, 5.74) is 1.48. The first-order chi connectivity index (χ1) is 6.31. The molecule has 0 aliphatic carbocycles. The van der Waals surface area contributed by atoms with Crippen LogP contribution in [0.25, 0.3) is 10.9 Å². The molecule has 1 aromatic carbocycles. The highest BCUT2D eigenvalue weighted by Crippen LogP contribution is 2.22. The van der Waals surface area contributed by atoms with Crippen LogP contribution in [0.3, 0.4) is 0 Å². The average Bonchev–Trinajstić information content (AvgIpc) is 2.18. The van der Waals surface area contributed by atoms with E-state index in [9.17, 15) is 4.79 Å². The number of fused-ring (bicyclic) bond motifs is 1. The Kier molecular flexibility index (Phi) is 2.10. The molecule has 2 nitrogen and oxygen atoms in total. The number of aldehydes is 1. The van der Waals surface area contributed by atoms with E-state index in [0.717, 1.165) is 21.7 Å². The number of carbonyl (C=O) groups excluding carboxylic acids is 1. The highest BCUT2D eigenvalue weighted by atomic mass is 79.9. The fourth-order valence-electron chi connectivity index (χ4n) is 1.20. The maximum atomic E-state index is 10.5. The molecule has 0 radical (unpaired) electrons. The van der Waals surface area contributed by atoms with Gasteiger partial charge in [0, 0.05) is 21.6 Å². The summed E-state index contributed by atoms with van der Waals surface area (Å²) >= 11 is 3.41. The second kappa shape index (κ2) is 3.26. The van der Waals surface area contributed by atoms with Gasteiger partial charge in [0.15, 0.2) is 0 Å². The van der Waals surface area contributed by atoms with Crippen molar-refractivity contribution in [1.29, 1.82) is 0 Å². The molecule has 64 valence electrons. The molecule has 0 aliphatic heterocycles. The Hall–Kier alpha value is -1.22. The molecular formula is C10H6BrNO. The molecule has 0 saturated carbocycles. The Morgan fingerprint density at radius 3 is 2.92 bits per heavy atom. The van der Waals surface area contributed by atoms with E-state index in [-0.39, 0.29) is 0 Å². The molecule has 1 aromatic heterocycles. The van der Waals surface area contributed by atoms with E-state index in [0.29, 0.717) is 5.56 Å². The van der Waals surface area contributed by atoms with E-state index >= 15 is 0 Å². The van der Waals surface area contributed by atoms with Crippen molar-refractivity contribution >= 4 is 33.1 Å². The maximum Gasteiger partial charge on any atom is 0.150 e. The monoisotopic (exact) mass is 235 g/mol. The van der Waals surface area contributed by atoms with Gasteiger partial charge in [-0.3, -0.25) is 9.78 Å². The number of carbonyl (C=O) groups is 1. The summed E-state index contributed by atoms with van der Waals surface area (Å²) in [7, 11) is 0. The predicted octanol–water partition coefficient (Wildman–Crippen LogP) is 2.81. The van der Waals surface area contributed by atoms with Gasteiger partial charge in [0.2, 0.25) is 0 Å². The lowest BCUT2D eigenvalue weighted by molar-refractivity contribution is 0.112. The minimum Gasteiger partial charge on any atom is -0.298 e. The molecule has 0 N–H and O–H groups in total. The molecule has 0 unspecified atom stereocenters. The molecule has 0 bridgehead atoms. The molecule has 0 aliphatic rings. The maximum absolute atomic E-state index is 10.5. The molecule has 3 heteroatoms. The summed E-state index contributed by atoms with van der Waals surface area (Å²) in [5.74, 6) is 0. The van der Waals surface area contributed by atoms with Gasteiger partial charge in [0.1, 0.15) is 6.29 Å². The first-order valence-electron chi connectivity index (χ1n) is 3.81. The van der Waals surface area contributed by atoms with Crippen LogP contribution in [-0.4, -0.2) is 11.3 Å². The number of aromatic nitrogens is 1. The number of hydrogen-bond acceptors (Lipinski definition) is 2. The van der Waals surface area contributed by atoms with Gasteiger partial charge in [0.05, 0.1) is 5.52 Å². The van der Waals surface area contributed by atoms with Crippen molar-refractivity contribution in [2.75, 3.05) is 0 Å². The number of hydrogen-bond donors (Lipinski definition) is 0. The van der Waals surface area contributed by atoms with Crippen molar-refractivity contribution in [3.05, 3.63) is 40.5 Å². The summed E-state index contributed by atoms with van der Waals surface area (Å²) in [6.07, 6.45) is 2.53. The van der Waals surface area contributed by atoms with Gasteiger partial charge in [-0.25, -0.2) is 0 Å². The van der Waals surface area contributed by atoms with Gasteiger partial charge in [-0.05, 0) is 12.1 Å². The van der Waals surface area contributed by atoms with Crippen LogP contribution in [0.1, 0.15) is 10.4 Å². The highest BCUT2D eigenvalue weighted by Gasteiger charge is 1.99. The molecule has 0 spiro atoms. The summed E-state index contributed by atoms with van der Waals surface area (Å²) in [6.45, 7) is 0. The van der Waals surface area contributed by atoms with Gasteiger partial charge < -0.3 is 0 Å². The lowest BCUT2D eigenvalue weighted by Gasteiger charge is -1.99. The zero-order valence-corrected chi connectivity index (χ0v) is 8.28. The lowest BCUT2D eigenvalue weighted by Crippen LogP contribution is -1.83. The van der Waals surface area contributed by atoms with E-state index in [4.69, 9.17) is 0 Å². The van der Waals surface area contributed by atoms with Crippen LogP contribution in [0.15, 0.2) is 34.9 Å². The van der Waals surface area contributed by atoms with Crippen LogP contribution in [0, 0.1) is 0 Å². The van der Waals surface area contributed by atoms with E-state index in [1.807, 2.05) is 12.1 Å². The van der Waals surface area contributed by atoms with Crippen LogP contribution in [0.4, 0.5) is 0 Å². The SMILES string of the molecule is O=Cc1ccc2c(Br)ccnc2c1. The number of nitrogens with zero attached hydrogens (tertiary/aromatic N) is 1. The highest BCUT2D eigenvalue weighted by molar-refractivity contribution is 9.10. The van der Waals surface area contributed by atoms with Crippen molar-refractivity contribution in [2.24, 2.45) is 0 Å². The van der Waals surface area contributed by atoms with Gasteiger partial charge in [0.25, 0.3) is 0 Å². The summed E-state index contributed by atoms with van der Waals surface area (Å²) in [4.78, 5) is 14.7. The van der Waals surface area contributed by atoms with Crippen molar-refractivity contribution in [2.45, 2.75) is 0 Å². The van der Waals surface area contributed by atoms with E-state index < -0.39 is 0 Å². The van der Waals surface area contributed by atoms with Crippen LogP contribution in [0.2, 0.25) is 0 Å². The molecule has 2 aromatic rings. The lowest BCUT2D eigenvalue weighted by atomic mass is 10.1. The molecule has 0 atom stereocenters. The Bertz CT molecular complexity index is 467. The van der Waals surface area contributed by atoms with Crippen LogP contribution in [-0.2, 0) is 0 Å². The van der Waals surface area contributed by atoms with Crippen LogP contribution < -0.4 is 0 Å². The topological polar surface area (TPSA) is 30.0 Å². The number of benzene rings is 1. The Morgan fingerprint density at radius 1 is 1.31 bits per heavy atom.